The Balaban J connectivity index is 2.15. The SMILES string of the molecule is CCCN1CCN(S(=O)(=O)c2ccc(F)c(CO)c2)CC1. The van der Waals surface area contributed by atoms with Crippen LogP contribution in [0.25, 0.3) is 0 Å². The van der Waals surface area contributed by atoms with Crippen LogP contribution in [-0.2, 0) is 16.6 Å². The summed E-state index contributed by atoms with van der Waals surface area (Å²) < 4.78 is 39.9. The van der Waals surface area contributed by atoms with Crippen molar-refractivity contribution in [3.8, 4) is 0 Å². The second kappa shape index (κ2) is 6.83. The van der Waals surface area contributed by atoms with Gasteiger partial charge in [0, 0.05) is 31.7 Å². The van der Waals surface area contributed by atoms with E-state index in [0.717, 1.165) is 19.0 Å². The van der Waals surface area contributed by atoms with Crippen molar-refractivity contribution in [2.45, 2.75) is 24.8 Å². The molecule has 1 aromatic rings. The standard InChI is InChI=1S/C14H21FN2O3S/c1-2-5-16-6-8-17(9-7-16)21(19,20)13-3-4-14(15)12(10-13)11-18/h3-4,10,18H,2,5-9,11H2,1H3. The molecule has 1 saturated heterocycles. The highest BCUT2D eigenvalue weighted by Crippen LogP contribution is 2.20. The Hall–Kier alpha value is -1.02. The third-order valence-electron chi connectivity index (χ3n) is 3.70. The van der Waals surface area contributed by atoms with Crippen molar-refractivity contribution in [3.05, 3.63) is 29.6 Å². The molecule has 1 fully saturated rings. The molecular formula is C14H21FN2O3S. The molecule has 0 saturated carbocycles. The second-order valence-corrected chi connectivity index (χ2v) is 7.09. The van der Waals surface area contributed by atoms with Gasteiger partial charge in [0.25, 0.3) is 0 Å². The van der Waals surface area contributed by atoms with Gasteiger partial charge in [-0.1, -0.05) is 6.92 Å². The minimum Gasteiger partial charge on any atom is -0.392 e. The summed E-state index contributed by atoms with van der Waals surface area (Å²) in [6, 6.07) is 3.55. The third kappa shape index (κ3) is 3.60. The summed E-state index contributed by atoms with van der Waals surface area (Å²) in [6.45, 7) is 4.85. The Bertz CT molecular complexity index is 584. The zero-order chi connectivity index (χ0) is 15.5. The summed E-state index contributed by atoms with van der Waals surface area (Å²) in [4.78, 5) is 2.27. The van der Waals surface area contributed by atoms with E-state index < -0.39 is 22.4 Å². The van der Waals surface area contributed by atoms with Crippen molar-refractivity contribution in [2.75, 3.05) is 32.7 Å². The molecule has 0 unspecified atom stereocenters. The summed E-state index contributed by atoms with van der Waals surface area (Å²) in [5, 5.41) is 9.06. The van der Waals surface area contributed by atoms with E-state index in [0.29, 0.717) is 26.2 Å². The highest BCUT2D eigenvalue weighted by atomic mass is 32.2. The number of rotatable bonds is 5. The summed E-state index contributed by atoms with van der Waals surface area (Å²) in [7, 11) is -3.62. The van der Waals surface area contributed by atoms with Crippen LogP contribution in [0.5, 0.6) is 0 Å². The van der Waals surface area contributed by atoms with Gasteiger partial charge in [0.2, 0.25) is 10.0 Å². The number of aliphatic hydroxyl groups is 1. The fourth-order valence-corrected chi connectivity index (χ4v) is 3.96. The number of nitrogens with zero attached hydrogens (tertiary/aromatic N) is 2. The van der Waals surface area contributed by atoms with Gasteiger partial charge in [-0.05, 0) is 31.2 Å². The Morgan fingerprint density at radius 1 is 1.24 bits per heavy atom. The summed E-state index contributed by atoms with van der Waals surface area (Å²) in [6.07, 6.45) is 1.05. The van der Waals surface area contributed by atoms with Crippen molar-refractivity contribution in [1.29, 1.82) is 0 Å². The van der Waals surface area contributed by atoms with Crippen LogP contribution in [0.2, 0.25) is 0 Å². The molecule has 118 valence electrons. The predicted octanol–water partition coefficient (Wildman–Crippen LogP) is 1.03. The molecule has 0 amide bonds. The average molecular weight is 316 g/mol. The van der Waals surface area contributed by atoms with Crippen molar-refractivity contribution in [1.82, 2.24) is 9.21 Å². The quantitative estimate of drug-likeness (QED) is 0.881. The molecule has 1 aliphatic rings. The predicted molar refractivity (Wildman–Crippen MR) is 77.8 cm³/mol. The molecule has 1 heterocycles. The number of hydrogen-bond acceptors (Lipinski definition) is 4. The van der Waals surface area contributed by atoms with E-state index in [1.807, 2.05) is 0 Å². The highest BCUT2D eigenvalue weighted by Gasteiger charge is 2.28. The van der Waals surface area contributed by atoms with Gasteiger partial charge in [-0.3, -0.25) is 0 Å². The Morgan fingerprint density at radius 2 is 1.90 bits per heavy atom. The smallest absolute Gasteiger partial charge is 0.243 e. The van der Waals surface area contributed by atoms with Gasteiger partial charge in [0.15, 0.2) is 0 Å². The first-order valence-electron chi connectivity index (χ1n) is 7.11. The number of piperazine rings is 1. The Morgan fingerprint density at radius 3 is 2.48 bits per heavy atom. The lowest BCUT2D eigenvalue weighted by molar-refractivity contribution is 0.188. The zero-order valence-electron chi connectivity index (χ0n) is 12.1. The topological polar surface area (TPSA) is 60.9 Å². The molecule has 1 N–H and O–H groups in total. The molecule has 5 nitrogen and oxygen atoms in total. The van der Waals surface area contributed by atoms with Gasteiger partial charge in [-0.25, -0.2) is 12.8 Å². The molecule has 0 aliphatic carbocycles. The number of sulfonamides is 1. The largest absolute Gasteiger partial charge is 0.392 e. The van der Waals surface area contributed by atoms with Gasteiger partial charge < -0.3 is 10.0 Å². The lowest BCUT2D eigenvalue weighted by Crippen LogP contribution is -2.48. The van der Waals surface area contributed by atoms with Crippen molar-refractivity contribution in [2.24, 2.45) is 0 Å². The molecular weight excluding hydrogens is 295 g/mol. The Labute approximate surface area is 125 Å². The molecule has 7 heteroatoms. The minimum absolute atomic E-state index is 0.000643. The first kappa shape index (κ1) is 16.4. The van der Waals surface area contributed by atoms with E-state index in [4.69, 9.17) is 5.11 Å². The molecule has 0 spiro atoms. The maximum absolute atomic E-state index is 13.4. The molecule has 0 radical (unpaired) electrons. The Kier molecular flexibility index (Phi) is 5.32. The molecule has 0 aromatic heterocycles. The normalized spacial score (nSPS) is 18.0. The maximum Gasteiger partial charge on any atom is 0.243 e. The van der Waals surface area contributed by atoms with Crippen LogP contribution in [0, 0.1) is 5.82 Å². The van der Waals surface area contributed by atoms with E-state index in [1.165, 1.54) is 16.4 Å². The van der Waals surface area contributed by atoms with Crippen molar-refractivity contribution < 1.29 is 17.9 Å². The van der Waals surface area contributed by atoms with Crippen LogP contribution in [0.4, 0.5) is 4.39 Å². The summed E-state index contributed by atoms with van der Waals surface area (Å²) >= 11 is 0. The summed E-state index contributed by atoms with van der Waals surface area (Å²) in [5.41, 5.74) is 0.000643. The summed E-state index contributed by atoms with van der Waals surface area (Å²) in [5.74, 6) is -0.593. The fourth-order valence-electron chi connectivity index (χ4n) is 2.49. The molecule has 2 rings (SSSR count). The van der Waals surface area contributed by atoms with Crippen LogP contribution in [0.3, 0.4) is 0 Å². The van der Waals surface area contributed by atoms with Gasteiger partial charge in [0.05, 0.1) is 11.5 Å². The van der Waals surface area contributed by atoms with Crippen LogP contribution in [-0.4, -0.2) is 55.5 Å². The number of halogens is 1. The number of aliphatic hydroxyl groups excluding tert-OH is 1. The van der Waals surface area contributed by atoms with Crippen LogP contribution in [0.1, 0.15) is 18.9 Å². The maximum atomic E-state index is 13.4. The zero-order valence-corrected chi connectivity index (χ0v) is 12.9. The van der Waals surface area contributed by atoms with Crippen LogP contribution in [0.15, 0.2) is 23.1 Å². The van der Waals surface area contributed by atoms with Crippen LogP contribution < -0.4 is 0 Å². The van der Waals surface area contributed by atoms with E-state index >= 15 is 0 Å². The first-order valence-corrected chi connectivity index (χ1v) is 8.55. The molecule has 1 aliphatic heterocycles. The second-order valence-electron chi connectivity index (χ2n) is 5.16. The lowest BCUT2D eigenvalue weighted by atomic mass is 10.2. The van der Waals surface area contributed by atoms with Gasteiger partial charge in [0.1, 0.15) is 5.82 Å². The average Bonchev–Trinajstić information content (AvgIpc) is 2.48. The van der Waals surface area contributed by atoms with Gasteiger partial charge in [-0.2, -0.15) is 4.31 Å². The molecule has 1 aromatic carbocycles. The number of benzene rings is 1. The monoisotopic (exact) mass is 316 g/mol. The fraction of sp³-hybridized carbons (Fsp3) is 0.571. The number of hydrogen-bond donors (Lipinski definition) is 1. The van der Waals surface area contributed by atoms with E-state index in [9.17, 15) is 12.8 Å². The highest BCUT2D eigenvalue weighted by molar-refractivity contribution is 7.89. The van der Waals surface area contributed by atoms with Crippen molar-refractivity contribution >= 4 is 10.0 Å². The lowest BCUT2D eigenvalue weighted by Gasteiger charge is -2.33. The van der Waals surface area contributed by atoms with Gasteiger partial charge >= 0.3 is 0 Å². The van der Waals surface area contributed by atoms with E-state index in [-0.39, 0.29) is 10.5 Å². The first-order chi connectivity index (χ1) is 9.98. The minimum atomic E-state index is -3.62. The van der Waals surface area contributed by atoms with Crippen molar-refractivity contribution in [3.63, 3.8) is 0 Å². The molecule has 0 atom stereocenters. The van der Waals surface area contributed by atoms with E-state index in [2.05, 4.69) is 11.8 Å². The third-order valence-corrected chi connectivity index (χ3v) is 5.59. The van der Waals surface area contributed by atoms with Gasteiger partial charge in [-0.15, -0.1) is 0 Å². The van der Waals surface area contributed by atoms with E-state index in [1.54, 1.807) is 0 Å². The molecule has 21 heavy (non-hydrogen) atoms. The molecule has 0 bridgehead atoms. The van der Waals surface area contributed by atoms with Crippen LogP contribution >= 0.6 is 0 Å².